The van der Waals surface area contributed by atoms with E-state index in [1.807, 2.05) is 30.6 Å². The summed E-state index contributed by atoms with van der Waals surface area (Å²) in [6.07, 6.45) is 4.09. The number of rotatable bonds is 1. The zero-order valence-corrected chi connectivity index (χ0v) is 9.96. The Balaban J connectivity index is 0.000000317. The molecule has 3 heteroatoms. The third-order valence-corrected chi connectivity index (χ3v) is 2.05. The summed E-state index contributed by atoms with van der Waals surface area (Å²) in [4.78, 5) is 8.89. The first-order chi connectivity index (χ1) is 8.09. The summed E-state index contributed by atoms with van der Waals surface area (Å²) < 4.78 is 2.10. The number of carboxylic acids is 1. The van der Waals surface area contributed by atoms with E-state index in [0.717, 1.165) is 6.92 Å². The molecule has 0 aliphatic rings. The number of nitrogens with zero attached hydrogens (tertiary/aromatic N) is 1. The Kier molecular flexibility index (Phi) is 4.88. The maximum Gasteiger partial charge on any atom is 0.210 e. The van der Waals surface area contributed by atoms with Crippen molar-refractivity contribution in [3.8, 4) is 5.69 Å². The Morgan fingerprint density at radius 3 is 2.00 bits per heavy atom. The monoisotopic (exact) mass is 229 g/mol. The highest BCUT2D eigenvalue weighted by molar-refractivity contribution is 5.60. The van der Waals surface area contributed by atoms with Crippen molar-refractivity contribution in [1.82, 2.24) is 0 Å². The number of benzene rings is 1. The van der Waals surface area contributed by atoms with Crippen LogP contribution in [0.25, 0.3) is 5.69 Å². The van der Waals surface area contributed by atoms with Crippen molar-refractivity contribution in [1.29, 1.82) is 0 Å². The van der Waals surface area contributed by atoms with E-state index in [1.165, 1.54) is 11.3 Å². The number of aliphatic carboxylic acids is 1. The molecule has 3 nitrogen and oxygen atoms in total. The van der Waals surface area contributed by atoms with Crippen molar-refractivity contribution in [3.63, 3.8) is 0 Å². The molecule has 0 spiro atoms. The van der Waals surface area contributed by atoms with Crippen molar-refractivity contribution in [2.24, 2.45) is 0 Å². The molecule has 0 bridgehead atoms. The van der Waals surface area contributed by atoms with Crippen molar-refractivity contribution < 1.29 is 14.5 Å². The van der Waals surface area contributed by atoms with Crippen LogP contribution >= 0.6 is 0 Å². The second-order valence-electron chi connectivity index (χ2n) is 3.61. The van der Waals surface area contributed by atoms with E-state index in [2.05, 4.69) is 35.8 Å². The van der Waals surface area contributed by atoms with Crippen LogP contribution in [0.1, 0.15) is 12.5 Å². The lowest BCUT2D eigenvalue weighted by molar-refractivity contribution is -0.595. The fraction of sp³-hybridized carbons (Fsp3) is 0.143. The molecule has 88 valence electrons. The molecule has 1 heterocycles. The molecule has 0 fully saturated rings. The standard InChI is InChI=1S/C12H12N.C2H4O2/c1-11-5-7-12(8-6-11)13-9-3-2-4-10-13;1-2(3)4/h2-10H,1H3;1H3,(H,3,4)/q+1;/p-1. The number of aryl methyl sites for hydroxylation is 1. The van der Waals surface area contributed by atoms with Crippen molar-refractivity contribution in [3.05, 3.63) is 60.4 Å². The van der Waals surface area contributed by atoms with Crippen LogP contribution in [-0.2, 0) is 4.79 Å². The van der Waals surface area contributed by atoms with Gasteiger partial charge in [0.1, 0.15) is 0 Å². The maximum atomic E-state index is 8.89. The van der Waals surface area contributed by atoms with Gasteiger partial charge in [-0.3, -0.25) is 0 Å². The highest BCUT2D eigenvalue weighted by Crippen LogP contribution is 2.01. The summed E-state index contributed by atoms with van der Waals surface area (Å²) >= 11 is 0. The summed E-state index contributed by atoms with van der Waals surface area (Å²) in [6.45, 7) is 3.07. The van der Waals surface area contributed by atoms with Gasteiger partial charge in [-0.2, -0.15) is 4.57 Å². The van der Waals surface area contributed by atoms with Crippen LogP contribution in [0.4, 0.5) is 0 Å². The number of hydrogen-bond donors (Lipinski definition) is 0. The molecule has 0 aliphatic heterocycles. The molecule has 0 aliphatic carbocycles. The predicted molar refractivity (Wildman–Crippen MR) is 63.4 cm³/mol. The van der Waals surface area contributed by atoms with Gasteiger partial charge in [-0.05, 0) is 13.8 Å². The number of aromatic nitrogens is 1. The largest absolute Gasteiger partial charge is 0.550 e. The molecule has 1 aromatic heterocycles. The average molecular weight is 229 g/mol. The van der Waals surface area contributed by atoms with Gasteiger partial charge in [-0.1, -0.05) is 23.8 Å². The Morgan fingerprint density at radius 2 is 1.53 bits per heavy atom. The molecule has 2 aromatic rings. The van der Waals surface area contributed by atoms with E-state index in [0.29, 0.717) is 0 Å². The van der Waals surface area contributed by atoms with Gasteiger partial charge >= 0.3 is 0 Å². The van der Waals surface area contributed by atoms with Crippen molar-refractivity contribution >= 4 is 5.97 Å². The van der Waals surface area contributed by atoms with Gasteiger partial charge in [0.15, 0.2) is 12.4 Å². The number of carbonyl (C=O) groups excluding carboxylic acids is 1. The van der Waals surface area contributed by atoms with Crippen LogP contribution in [-0.4, -0.2) is 5.97 Å². The Morgan fingerprint density at radius 1 is 1.06 bits per heavy atom. The summed E-state index contributed by atoms with van der Waals surface area (Å²) in [6, 6.07) is 14.6. The Labute approximate surface area is 101 Å². The molecular weight excluding hydrogens is 214 g/mol. The first kappa shape index (κ1) is 12.9. The van der Waals surface area contributed by atoms with Gasteiger partial charge in [0.2, 0.25) is 5.69 Å². The third kappa shape index (κ3) is 4.93. The maximum absolute atomic E-state index is 8.89. The van der Waals surface area contributed by atoms with Crippen LogP contribution in [0.2, 0.25) is 0 Å². The van der Waals surface area contributed by atoms with Gasteiger partial charge in [0.05, 0.1) is 0 Å². The molecule has 0 saturated carbocycles. The van der Waals surface area contributed by atoms with Crippen LogP contribution in [0.5, 0.6) is 0 Å². The van der Waals surface area contributed by atoms with Crippen molar-refractivity contribution in [2.75, 3.05) is 0 Å². The minimum absolute atomic E-state index is 0.972. The topological polar surface area (TPSA) is 44.0 Å². The normalized spacial score (nSPS) is 9.06. The summed E-state index contributed by atoms with van der Waals surface area (Å²) in [5.74, 6) is -1.08. The zero-order chi connectivity index (χ0) is 12.7. The van der Waals surface area contributed by atoms with Gasteiger partial charge in [0.25, 0.3) is 0 Å². The lowest BCUT2D eigenvalue weighted by Gasteiger charge is -1.94. The molecule has 0 atom stereocenters. The van der Waals surface area contributed by atoms with E-state index < -0.39 is 5.97 Å². The van der Waals surface area contributed by atoms with Gasteiger partial charge in [-0.15, -0.1) is 0 Å². The second-order valence-corrected chi connectivity index (χ2v) is 3.61. The molecule has 17 heavy (non-hydrogen) atoms. The lowest BCUT2D eigenvalue weighted by Crippen LogP contribution is -2.28. The minimum atomic E-state index is -1.08. The quantitative estimate of drug-likeness (QED) is 0.685. The lowest BCUT2D eigenvalue weighted by atomic mass is 10.2. The highest BCUT2D eigenvalue weighted by Gasteiger charge is 2.01. The number of hydrogen-bond acceptors (Lipinski definition) is 2. The first-order valence-corrected chi connectivity index (χ1v) is 5.30. The minimum Gasteiger partial charge on any atom is -0.550 e. The second kappa shape index (κ2) is 6.43. The predicted octanol–water partition coefficient (Wildman–Crippen LogP) is 1.03. The van der Waals surface area contributed by atoms with Crippen LogP contribution < -0.4 is 9.67 Å². The van der Waals surface area contributed by atoms with E-state index >= 15 is 0 Å². The average Bonchev–Trinajstić information content (AvgIpc) is 2.30. The summed E-state index contributed by atoms with van der Waals surface area (Å²) in [7, 11) is 0. The van der Waals surface area contributed by atoms with Gasteiger partial charge < -0.3 is 9.90 Å². The van der Waals surface area contributed by atoms with E-state index in [-0.39, 0.29) is 0 Å². The van der Waals surface area contributed by atoms with Crippen molar-refractivity contribution in [2.45, 2.75) is 13.8 Å². The fourth-order valence-corrected chi connectivity index (χ4v) is 1.29. The molecular formula is C14H15NO2. The summed E-state index contributed by atoms with van der Waals surface area (Å²) in [5, 5.41) is 8.89. The molecule has 0 radical (unpaired) electrons. The summed E-state index contributed by atoms with van der Waals surface area (Å²) in [5.41, 5.74) is 2.49. The van der Waals surface area contributed by atoms with E-state index in [9.17, 15) is 0 Å². The molecule has 0 unspecified atom stereocenters. The van der Waals surface area contributed by atoms with Gasteiger partial charge in [0, 0.05) is 30.2 Å². The first-order valence-electron chi connectivity index (χ1n) is 5.30. The number of carboxylic acid groups (broad SMARTS) is 1. The van der Waals surface area contributed by atoms with E-state index in [1.54, 1.807) is 0 Å². The van der Waals surface area contributed by atoms with E-state index in [4.69, 9.17) is 9.90 Å². The third-order valence-electron chi connectivity index (χ3n) is 2.05. The molecule has 0 saturated heterocycles. The van der Waals surface area contributed by atoms with Gasteiger partial charge in [-0.25, -0.2) is 0 Å². The SMILES string of the molecule is CC(=O)[O-].Cc1ccc(-[n+]2ccccc2)cc1. The highest BCUT2D eigenvalue weighted by atomic mass is 16.4. The number of pyridine rings is 1. The smallest absolute Gasteiger partial charge is 0.210 e. The van der Waals surface area contributed by atoms with Crippen LogP contribution in [0.3, 0.4) is 0 Å². The van der Waals surface area contributed by atoms with Crippen LogP contribution in [0, 0.1) is 6.92 Å². The molecule has 0 amide bonds. The molecule has 2 rings (SSSR count). The number of carbonyl (C=O) groups is 1. The molecule has 0 N–H and O–H groups in total. The zero-order valence-electron chi connectivity index (χ0n) is 9.96. The Bertz CT molecular complexity index is 459. The van der Waals surface area contributed by atoms with Crippen LogP contribution in [0.15, 0.2) is 54.9 Å². The fourth-order valence-electron chi connectivity index (χ4n) is 1.29. The Hall–Kier alpha value is -2.16. The molecule has 1 aromatic carbocycles.